The minimum Gasteiger partial charge on any atom is -0.457 e. The van der Waals surface area contributed by atoms with Crippen LogP contribution in [0.25, 0.3) is 0 Å². The third-order valence-electron chi connectivity index (χ3n) is 3.45. The Morgan fingerprint density at radius 3 is 2.27 bits per heavy atom. The predicted molar refractivity (Wildman–Crippen MR) is 96.0 cm³/mol. The number of hydrogen-bond acceptors (Lipinski definition) is 6. The maximum atomic E-state index is 12.3. The minimum absolute atomic E-state index is 0.105. The second-order valence-electron chi connectivity index (χ2n) is 6.97. The molecule has 0 bridgehead atoms. The normalized spacial score (nSPS) is 13.4. The summed E-state index contributed by atoms with van der Waals surface area (Å²) in [6.07, 6.45) is 0.168. The molecule has 0 aromatic heterocycles. The summed E-state index contributed by atoms with van der Waals surface area (Å²) >= 11 is 0. The molecule has 0 saturated heterocycles. The third kappa shape index (κ3) is 7.08. The summed E-state index contributed by atoms with van der Waals surface area (Å²) in [4.78, 5) is 34.3. The van der Waals surface area contributed by atoms with Crippen LogP contribution >= 0.6 is 0 Å². The molecule has 0 aliphatic rings. The fraction of sp³-hybridized carbons (Fsp3) is 0.556. The number of alkyl carbamates (subject to hydrolysis) is 1. The van der Waals surface area contributed by atoms with E-state index in [1.54, 1.807) is 27.7 Å². The average molecular weight is 366 g/mol. The Morgan fingerprint density at radius 1 is 1.23 bits per heavy atom. The van der Waals surface area contributed by atoms with Crippen molar-refractivity contribution >= 4 is 17.7 Å². The van der Waals surface area contributed by atoms with E-state index in [1.807, 2.05) is 6.92 Å². The second-order valence-corrected chi connectivity index (χ2v) is 6.97. The number of non-ortho nitro benzene ring substituents is 1. The summed E-state index contributed by atoms with van der Waals surface area (Å²) in [5.41, 5.74) is -0.521. The summed E-state index contributed by atoms with van der Waals surface area (Å²) in [6.45, 7) is 8.94. The quantitative estimate of drug-likeness (QED) is 0.446. The van der Waals surface area contributed by atoms with Gasteiger partial charge in [0.25, 0.3) is 5.69 Å². The lowest BCUT2D eigenvalue weighted by Gasteiger charge is -2.26. The molecule has 1 amide bonds. The lowest BCUT2D eigenvalue weighted by Crippen LogP contribution is -2.45. The number of carbonyl (C=O) groups is 2. The molecule has 2 atom stereocenters. The monoisotopic (exact) mass is 366 g/mol. The maximum Gasteiger partial charge on any atom is 0.407 e. The molecule has 8 heteroatoms. The molecule has 0 radical (unpaired) electrons. The number of carbonyl (C=O) groups excluding carboxylic acids is 2. The van der Waals surface area contributed by atoms with Gasteiger partial charge in [-0.1, -0.05) is 13.3 Å². The van der Waals surface area contributed by atoms with Gasteiger partial charge in [-0.3, -0.25) is 10.1 Å². The van der Waals surface area contributed by atoms with Crippen LogP contribution in [0.15, 0.2) is 24.3 Å². The zero-order valence-corrected chi connectivity index (χ0v) is 15.8. The average Bonchev–Trinajstić information content (AvgIpc) is 2.52. The Labute approximate surface area is 153 Å². The van der Waals surface area contributed by atoms with Gasteiger partial charge < -0.3 is 14.8 Å². The van der Waals surface area contributed by atoms with E-state index in [0.717, 1.165) is 6.42 Å². The van der Waals surface area contributed by atoms with Gasteiger partial charge in [0, 0.05) is 12.1 Å². The lowest BCUT2D eigenvalue weighted by molar-refractivity contribution is -0.384. The first-order chi connectivity index (χ1) is 12.0. The standard InChI is InChI=1S/C18H26N2O6/c1-6-7-15(12(2)19-17(22)26-18(3,4)5)25-16(21)13-8-10-14(11-9-13)20(23)24/h8-12,15H,6-7H2,1-5H3,(H,19,22)/t12-,15?/m0/s1. The van der Waals surface area contributed by atoms with Crippen LogP contribution in [0, 0.1) is 10.1 Å². The lowest BCUT2D eigenvalue weighted by atomic mass is 10.1. The maximum absolute atomic E-state index is 12.3. The predicted octanol–water partition coefficient (Wildman–Crippen LogP) is 3.83. The second kappa shape index (κ2) is 9.17. The highest BCUT2D eigenvalue weighted by Gasteiger charge is 2.25. The fourth-order valence-corrected chi connectivity index (χ4v) is 2.21. The van der Waals surface area contributed by atoms with Crippen LogP contribution in [0.1, 0.15) is 57.8 Å². The highest BCUT2D eigenvalue weighted by molar-refractivity contribution is 5.89. The highest BCUT2D eigenvalue weighted by Crippen LogP contribution is 2.16. The summed E-state index contributed by atoms with van der Waals surface area (Å²) in [6, 6.07) is 4.72. The summed E-state index contributed by atoms with van der Waals surface area (Å²) in [7, 11) is 0. The number of rotatable bonds is 7. The molecule has 0 saturated carbocycles. The zero-order valence-electron chi connectivity index (χ0n) is 15.8. The van der Waals surface area contributed by atoms with E-state index in [9.17, 15) is 19.7 Å². The Hall–Kier alpha value is -2.64. The first kappa shape index (κ1) is 21.4. The molecular weight excluding hydrogens is 340 g/mol. The van der Waals surface area contributed by atoms with Crippen molar-refractivity contribution in [2.24, 2.45) is 0 Å². The molecule has 0 fully saturated rings. The molecule has 1 unspecified atom stereocenters. The van der Waals surface area contributed by atoms with Crippen molar-refractivity contribution in [3.63, 3.8) is 0 Å². The Bertz CT molecular complexity index is 636. The van der Waals surface area contributed by atoms with Crippen molar-refractivity contribution in [1.29, 1.82) is 0 Å². The van der Waals surface area contributed by atoms with Crippen LogP contribution in [0.4, 0.5) is 10.5 Å². The SMILES string of the molecule is CCCC(OC(=O)c1ccc([N+](=O)[O-])cc1)[C@H](C)NC(=O)OC(C)(C)C. The molecule has 144 valence electrons. The first-order valence-corrected chi connectivity index (χ1v) is 8.48. The topological polar surface area (TPSA) is 108 Å². The zero-order chi connectivity index (χ0) is 19.9. The molecule has 1 aromatic carbocycles. The van der Waals surface area contributed by atoms with Crippen LogP contribution in [-0.2, 0) is 9.47 Å². The van der Waals surface area contributed by atoms with E-state index in [2.05, 4.69) is 5.32 Å². The van der Waals surface area contributed by atoms with Gasteiger partial charge in [0.2, 0.25) is 0 Å². The van der Waals surface area contributed by atoms with Crippen molar-refractivity contribution in [3.8, 4) is 0 Å². The number of esters is 1. The molecule has 0 aliphatic heterocycles. The molecule has 26 heavy (non-hydrogen) atoms. The molecular formula is C18H26N2O6. The van der Waals surface area contributed by atoms with Gasteiger partial charge in [-0.2, -0.15) is 0 Å². The molecule has 8 nitrogen and oxygen atoms in total. The van der Waals surface area contributed by atoms with Gasteiger partial charge in [0.1, 0.15) is 11.7 Å². The van der Waals surface area contributed by atoms with E-state index in [-0.39, 0.29) is 11.3 Å². The molecule has 1 N–H and O–H groups in total. The van der Waals surface area contributed by atoms with Crippen molar-refractivity contribution in [2.45, 2.75) is 65.2 Å². The van der Waals surface area contributed by atoms with Gasteiger partial charge >= 0.3 is 12.1 Å². The molecule has 0 aliphatic carbocycles. The van der Waals surface area contributed by atoms with Crippen LogP contribution < -0.4 is 5.32 Å². The number of nitrogens with zero attached hydrogens (tertiary/aromatic N) is 1. The number of benzene rings is 1. The van der Waals surface area contributed by atoms with E-state index in [4.69, 9.17) is 9.47 Å². The van der Waals surface area contributed by atoms with Crippen LogP contribution in [0.2, 0.25) is 0 Å². The smallest absolute Gasteiger partial charge is 0.407 e. The Kier molecular flexibility index (Phi) is 7.55. The van der Waals surface area contributed by atoms with Crippen molar-refractivity contribution in [2.75, 3.05) is 0 Å². The highest BCUT2D eigenvalue weighted by atomic mass is 16.6. The van der Waals surface area contributed by atoms with Crippen LogP contribution in [0.5, 0.6) is 0 Å². The van der Waals surface area contributed by atoms with E-state index in [1.165, 1.54) is 24.3 Å². The van der Waals surface area contributed by atoms with E-state index < -0.39 is 34.7 Å². The Balaban J connectivity index is 2.75. The number of nitrogens with one attached hydrogen (secondary N) is 1. The number of nitro groups is 1. The minimum atomic E-state index is -0.626. The molecule has 1 aromatic rings. The van der Waals surface area contributed by atoms with Crippen molar-refractivity contribution in [1.82, 2.24) is 5.32 Å². The number of amides is 1. The van der Waals surface area contributed by atoms with Crippen molar-refractivity contribution < 1.29 is 24.0 Å². The van der Waals surface area contributed by atoms with Gasteiger partial charge in [-0.15, -0.1) is 0 Å². The first-order valence-electron chi connectivity index (χ1n) is 8.48. The van der Waals surface area contributed by atoms with Gasteiger partial charge in [-0.05, 0) is 46.2 Å². The van der Waals surface area contributed by atoms with Gasteiger partial charge in [0.15, 0.2) is 0 Å². The molecule has 0 spiro atoms. The number of ether oxygens (including phenoxy) is 2. The summed E-state index contributed by atoms with van der Waals surface area (Å²) < 4.78 is 10.7. The third-order valence-corrected chi connectivity index (χ3v) is 3.45. The van der Waals surface area contributed by atoms with E-state index in [0.29, 0.717) is 6.42 Å². The fourth-order valence-electron chi connectivity index (χ4n) is 2.21. The molecule has 1 rings (SSSR count). The van der Waals surface area contributed by atoms with E-state index >= 15 is 0 Å². The van der Waals surface area contributed by atoms with Crippen molar-refractivity contribution in [3.05, 3.63) is 39.9 Å². The summed E-state index contributed by atoms with van der Waals surface area (Å²) in [5.74, 6) is -0.601. The Morgan fingerprint density at radius 2 is 1.81 bits per heavy atom. The number of hydrogen-bond donors (Lipinski definition) is 1. The summed E-state index contributed by atoms with van der Waals surface area (Å²) in [5, 5.41) is 13.3. The van der Waals surface area contributed by atoms with Crippen LogP contribution in [0.3, 0.4) is 0 Å². The van der Waals surface area contributed by atoms with Gasteiger partial charge in [0.05, 0.1) is 16.5 Å². The van der Waals surface area contributed by atoms with Gasteiger partial charge in [-0.25, -0.2) is 9.59 Å². The largest absolute Gasteiger partial charge is 0.457 e. The van der Waals surface area contributed by atoms with Crippen LogP contribution in [-0.4, -0.2) is 34.7 Å². The number of nitro benzene ring substituents is 1. The molecule has 0 heterocycles.